The summed E-state index contributed by atoms with van der Waals surface area (Å²) in [5, 5.41) is 17.1. The Kier molecular flexibility index (Phi) is 6.89. The van der Waals surface area contributed by atoms with Gasteiger partial charge in [-0.25, -0.2) is 0 Å². The van der Waals surface area contributed by atoms with E-state index in [1.807, 2.05) is 11.7 Å². The summed E-state index contributed by atoms with van der Waals surface area (Å²) in [4.78, 5) is 11.3. The van der Waals surface area contributed by atoms with Crippen molar-refractivity contribution in [2.75, 3.05) is 6.54 Å². The minimum Gasteiger partial charge on any atom is -0.481 e. The van der Waals surface area contributed by atoms with Crippen molar-refractivity contribution in [1.82, 2.24) is 15.1 Å². The van der Waals surface area contributed by atoms with E-state index < -0.39 is 5.97 Å². The lowest BCUT2D eigenvalue weighted by Crippen LogP contribution is -2.29. The third-order valence-corrected chi connectivity index (χ3v) is 3.83. The van der Waals surface area contributed by atoms with Crippen LogP contribution in [0.1, 0.15) is 51.1 Å². The van der Waals surface area contributed by atoms with Crippen LogP contribution in [-0.2, 0) is 31.2 Å². The van der Waals surface area contributed by atoms with E-state index in [0.29, 0.717) is 25.4 Å². The number of nitrogens with zero attached hydrogens (tertiary/aromatic N) is 2. The number of carboxylic acids is 1. The number of hydrogen-bond acceptors (Lipinski definition) is 3. The van der Waals surface area contributed by atoms with E-state index in [-0.39, 0.29) is 5.92 Å². The summed E-state index contributed by atoms with van der Waals surface area (Å²) < 4.78 is 1.94. The highest BCUT2D eigenvalue weighted by Gasteiger charge is 2.19. The Hall–Kier alpha value is -1.36. The minimum atomic E-state index is -0.714. The molecule has 1 atom stereocenters. The minimum absolute atomic E-state index is 0.322. The van der Waals surface area contributed by atoms with E-state index in [4.69, 9.17) is 0 Å². The molecule has 1 aromatic rings. The fourth-order valence-corrected chi connectivity index (χ4v) is 2.81. The van der Waals surface area contributed by atoms with Crippen molar-refractivity contribution in [2.45, 2.75) is 53.5 Å². The summed E-state index contributed by atoms with van der Waals surface area (Å²) in [6.45, 7) is 9.54. The van der Waals surface area contributed by atoms with Gasteiger partial charge in [-0.05, 0) is 25.2 Å². The third kappa shape index (κ3) is 4.84. The molecule has 0 spiro atoms. The first kappa shape index (κ1) is 17.7. The number of aromatic nitrogens is 2. The number of aryl methyl sites for hydroxylation is 2. The van der Waals surface area contributed by atoms with Gasteiger partial charge >= 0.3 is 5.97 Å². The number of rotatable bonds is 9. The Labute approximate surface area is 127 Å². The van der Waals surface area contributed by atoms with Crippen molar-refractivity contribution < 1.29 is 9.90 Å². The lowest BCUT2D eigenvalue weighted by Gasteiger charge is -2.15. The van der Waals surface area contributed by atoms with Crippen LogP contribution in [0.15, 0.2) is 0 Å². The summed E-state index contributed by atoms with van der Waals surface area (Å²) in [6, 6.07) is 0. The van der Waals surface area contributed by atoms with Gasteiger partial charge in [0.15, 0.2) is 0 Å². The summed E-state index contributed by atoms with van der Waals surface area (Å²) in [6.07, 6.45) is 2.55. The molecule has 0 aliphatic heterocycles. The topological polar surface area (TPSA) is 67.2 Å². The van der Waals surface area contributed by atoms with Gasteiger partial charge in [-0.3, -0.25) is 9.48 Å². The molecule has 21 heavy (non-hydrogen) atoms. The first-order chi connectivity index (χ1) is 9.90. The Bertz CT molecular complexity index is 466. The van der Waals surface area contributed by atoms with Crippen molar-refractivity contribution >= 4 is 5.97 Å². The molecule has 0 saturated heterocycles. The molecule has 0 aromatic carbocycles. The lowest BCUT2D eigenvalue weighted by molar-refractivity contribution is -0.142. The molecule has 0 aliphatic carbocycles. The van der Waals surface area contributed by atoms with Crippen LogP contribution in [0.3, 0.4) is 0 Å². The second kappa shape index (κ2) is 8.17. The first-order valence-corrected chi connectivity index (χ1v) is 7.87. The van der Waals surface area contributed by atoms with Gasteiger partial charge in [0.1, 0.15) is 0 Å². The zero-order valence-corrected chi connectivity index (χ0v) is 13.9. The van der Waals surface area contributed by atoms with Gasteiger partial charge in [0.25, 0.3) is 0 Å². The molecule has 0 radical (unpaired) electrons. The van der Waals surface area contributed by atoms with E-state index in [1.165, 1.54) is 11.3 Å². The van der Waals surface area contributed by atoms with Gasteiger partial charge < -0.3 is 10.4 Å². The standard InChI is InChI=1S/C16H29N3O2/c1-6-14-13(15(7-2)19(5)18-14)10-17-9-12(16(20)21)8-11(3)4/h11-12,17H,6-10H2,1-5H3,(H,20,21). The van der Waals surface area contributed by atoms with Crippen molar-refractivity contribution in [3.8, 4) is 0 Å². The van der Waals surface area contributed by atoms with Gasteiger partial charge in [0.05, 0.1) is 11.6 Å². The smallest absolute Gasteiger partial charge is 0.307 e. The quantitative estimate of drug-likeness (QED) is 0.734. The summed E-state index contributed by atoms with van der Waals surface area (Å²) in [5.74, 6) is -0.644. The van der Waals surface area contributed by atoms with Crippen LogP contribution in [0.25, 0.3) is 0 Å². The molecule has 1 rings (SSSR count). The molecule has 1 heterocycles. The van der Waals surface area contributed by atoms with Gasteiger partial charge in [-0.2, -0.15) is 5.10 Å². The highest BCUT2D eigenvalue weighted by Crippen LogP contribution is 2.16. The van der Waals surface area contributed by atoms with Gasteiger partial charge in [-0.15, -0.1) is 0 Å². The van der Waals surface area contributed by atoms with E-state index in [1.54, 1.807) is 0 Å². The van der Waals surface area contributed by atoms with Gasteiger partial charge in [0.2, 0.25) is 0 Å². The zero-order chi connectivity index (χ0) is 16.0. The Morgan fingerprint density at radius 3 is 2.48 bits per heavy atom. The number of nitrogens with one attached hydrogen (secondary N) is 1. The van der Waals surface area contributed by atoms with Crippen LogP contribution in [0, 0.1) is 11.8 Å². The lowest BCUT2D eigenvalue weighted by atomic mass is 9.97. The molecule has 1 aromatic heterocycles. The van der Waals surface area contributed by atoms with Gasteiger partial charge in [-0.1, -0.05) is 27.7 Å². The SMILES string of the molecule is CCc1nn(C)c(CC)c1CNCC(CC(C)C)C(=O)O. The average Bonchev–Trinajstić information content (AvgIpc) is 2.72. The zero-order valence-electron chi connectivity index (χ0n) is 13.9. The second-order valence-corrected chi connectivity index (χ2v) is 6.00. The Morgan fingerprint density at radius 2 is 2.00 bits per heavy atom. The highest BCUT2D eigenvalue weighted by atomic mass is 16.4. The average molecular weight is 295 g/mol. The maximum absolute atomic E-state index is 11.3. The van der Waals surface area contributed by atoms with Gasteiger partial charge in [0, 0.05) is 31.4 Å². The number of carbonyl (C=O) groups is 1. The third-order valence-electron chi connectivity index (χ3n) is 3.83. The molecule has 0 bridgehead atoms. The number of aliphatic carboxylic acids is 1. The number of carboxylic acid groups (broad SMARTS) is 1. The normalized spacial score (nSPS) is 12.9. The molecule has 0 amide bonds. The van der Waals surface area contributed by atoms with E-state index in [9.17, 15) is 9.90 Å². The van der Waals surface area contributed by atoms with E-state index in [2.05, 4.69) is 38.1 Å². The molecule has 5 heteroatoms. The molecule has 0 fully saturated rings. The maximum Gasteiger partial charge on any atom is 0.307 e. The predicted octanol–water partition coefficient (Wildman–Crippen LogP) is 2.38. The van der Waals surface area contributed by atoms with Crippen molar-refractivity contribution in [2.24, 2.45) is 18.9 Å². The first-order valence-electron chi connectivity index (χ1n) is 7.87. The molecule has 2 N–H and O–H groups in total. The summed E-state index contributed by atoms with van der Waals surface area (Å²) in [5.41, 5.74) is 3.57. The molecular formula is C16H29N3O2. The molecular weight excluding hydrogens is 266 g/mol. The van der Waals surface area contributed by atoms with E-state index in [0.717, 1.165) is 18.5 Å². The van der Waals surface area contributed by atoms with Crippen LogP contribution in [-0.4, -0.2) is 27.4 Å². The van der Waals surface area contributed by atoms with Crippen LogP contribution in [0.2, 0.25) is 0 Å². The molecule has 0 aliphatic rings. The highest BCUT2D eigenvalue weighted by molar-refractivity contribution is 5.70. The summed E-state index contributed by atoms with van der Waals surface area (Å²) >= 11 is 0. The second-order valence-electron chi connectivity index (χ2n) is 6.00. The maximum atomic E-state index is 11.3. The van der Waals surface area contributed by atoms with Crippen LogP contribution >= 0.6 is 0 Å². The number of hydrogen-bond donors (Lipinski definition) is 2. The molecule has 5 nitrogen and oxygen atoms in total. The predicted molar refractivity (Wildman–Crippen MR) is 84.3 cm³/mol. The fraction of sp³-hybridized carbons (Fsp3) is 0.750. The summed E-state index contributed by atoms with van der Waals surface area (Å²) in [7, 11) is 1.97. The monoisotopic (exact) mass is 295 g/mol. The molecule has 120 valence electrons. The van der Waals surface area contributed by atoms with Crippen LogP contribution in [0.4, 0.5) is 0 Å². The molecule has 1 unspecified atom stereocenters. The Balaban J connectivity index is 2.68. The van der Waals surface area contributed by atoms with Crippen molar-refractivity contribution in [3.63, 3.8) is 0 Å². The largest absolute Gasteiger partial charge is 0.481 e. The van der Waals surface area contributed by atoms with E-state index >= 15 is 0 Å². The van der Waals surface area contributed by atoms with Crippen molar-refractivity contribution in [1.29, 1.82) is 0 Å². The van der Waals surface area contributed by atoms with Crippen LogP contribution < -0.4 is 5.32 Å². The molecule has 0 saturated carbocycles. The fourth-order valence-electron chi connectivity index (χ4n) is 2.81. The van der Waals surface area contributed by atoms with Crippen molar-refractivity contribution in [3.05, 3.63) is 17.0 Å². The Morgan fingerprint density at radius 1 is 1.33 bits per heavy atom. The van der Waals surface area contributed by atoms with Crippen LogP contribution in [0.5, 0.6) is 0 Å².